The lowest BCUT2D eigenvalue weighted by Gasteiger charge is -2.06. The van der Waals surface area contributed by atoms with Crippen molar-refractivity contribution in [1.29, 1.82) is 0 Å². The van der Waals surface area contributed by atoms with E-state index < -0.39 is 0 Å². The van der Waals surface area contributed by atoms with E-state index in [1.807, 2.05) is 5.38 Å². The van der Waals surface area contributed by atoms with E-state index in [-0.39, 0.29) is 5.78 Å². The molecule has 1 aromatic heterocycles. The first kappa shape index (κ1) is 12.3. The van der Waals surface area contributed by atoms with E-state index in [0.717, 1.165) is 17.8 Å². The van der Waals surface area contributed by atoms with Gasteiger partial charge in [0.05, 0.1) is 0 Å². The largest absolute Gasteiger partial charge is 0.325 e. The van der Waals surface area contributed by atoms with Gasteiger partial charge >= 0.3 is 0 Å². The summed E-state index contributed by atoms with van der Waals surface area (Å²) >= 11 is 1.46. The molecule has 15 heavy (non-hydrogen) atoms. The van der Waals surface area contributed by atoms with Gasteiger partial charge < -0.3 is 5.73 Å². The van der Waals surface area contributed by atoms with Gasteiger partial charge in [-0.1, -0.05) is 26.7 Å². The Morgan fingerprint density at radius 3 is 2.93 bits per heavy atom. The average molecular weight is 226 g/mol. The van der Waals surface area contributed by atoms with Crippen molar-refractivity contribution in [1.82, 2.24) is 4.98 Å². The molecule has 1 unspecified atom stereocenters. The predicted octanol–water partition coefficient (Wildman–Crippen LogP) is 2.61. The molecule has 2 N–H and O–H groups in total. The second-order valence-electron chi connectivity index (χ2n) is 3.85. The lowest BCUT2D eigenvalue weighted by atomic mass is 9.99. The zero-order valence-electron chi connectivity index (χ0n) is 9.32. The highest BCUT2D eigenvalue weighted by atomic mass is 32.1. The van der Waals surface area contributed by atoms with Crippen LogP contribution in [0.15, 0.2) is 5.38 Å². The Hall–Kier alpha value is -0.740. The molecule has 0 amide bonds. The second kappa shape index (κ2) is 5.98. The molecule has 1 heterocycles. The fraction of sp³-hybridized carbons (Fsp3) is 0.636. The van der Waals surface area contributed by atoms with Crippen LogP contribution in [0.1, 0.15) is 48.6 Å². The van der Waals surface area contributed by atoms with Crippen molar-refractivity contribution in [3.8, 4) is 0 Å². The molecule has 0 radical (unpaired) electrons. The molecule has 0 saturated heterocycles. The minimum Gasteiger partial charge on any atom is -0.325 e. The van der Waals surface area contributed by atoms with E-state index in [0.29, 0.717) is 24.6 Å². The average Bonchev–Trinajstić information content (AvgIpc) is 2.66. The van der Waals surface area contributed by atoms with Crippen molar-refractivity contribution in [2.24, 2.45) is 11.7 Å². The number of carbonyl (C=O) groups is 1. The van der Waals surface area contributed by atoms with Gasteiger partial charge in [-0.2, -0.15) is 0 Å². The molecule has 0 aliphatic rings. The Labute approximate surface area is 94.7 Å². The zero-order chi connectivity index (χ0) is 11.3. The summed E-state index contributed by atoms with van der Waals surface area (Å²) in [6, 6.07) is 0. The highest BCUT2D eigenvalue weighted by Crippen LogP contribution is 2.16. The predicted molar refractivity (Wildman–Crippen MR) is 63.0 cm³/mol. The van der Waals surface area contributed by atoms with Crippen LogP contribution in [0.25, 0.3) is 0 Å². The van der Waals surface area contributed by atoms with Gasteiger partial charge in [0.25, 0.3) is 0 Å². The third-order valence-corrected chi connectivity index (χ3v) is 3.20. The first-order valence-corrected chi connectivity index (χ1v) is 6.23. The Kier molecular flexibility index (Phi) is 4.91. The fourth-order valence-electron chi connectivity index (χ4n) is 1.55. The fourth-order valence-corrected chi connectivity index (χ4v) is 2.23. The van der Waals surface area contributed by atoms with Gasteiger partial charge in [-0.15, -0.1) is 11.3 Å². The molecule has 1 atom stereocenters. The summed E-state index contributed by atoms with van der Waals surface area (Å²) in [7, 11) is 0. The summed E-state index contributed by atoms with van der Waals surface area (Å²) in [5.74, 6) is 0.595. The molecule has 4 heteroatoms. The van der Waals surface area contributed by atoms with E-state index in [9.17, 15) is 4.79 Å². The van der Waals surface area contributed by atoms with Crippen molar-refractivity contribution in [2.45, 2.75) is 39.7 Å². The van der Waals surface area contributed by atoms with Gasteiger partial charge in [0.1, 0.15) is 10.7 Å². The van der Waals surface area contributed by atoms with Crippen LogP contribution in [0.3, 0.4) is 0 Å². The topological polar surface area (TPSA) is 56.0 Å². The first-order valence-electron chi connectivity index (χ1n) is 5.35. The lowest BCUT2D eigenvalue weighted by Crippen LogP contribution is -2.07. The summed E-state index contributed by atoms with van der Waals surface area (Å²) in [4.78, 5) is 15.9. The molecule has 1 aromatic rings. The monoisotopic (exact) mass is 226 g/mol. The van der Waals surface area contributed by atoms with Crippen molar-refractivity contribution in [3.05, 3.63) is 16.1 Å². The number of hydrogen-bond acceptors (Lipinski definition) is 4. The lowest BCUT2D eigenvalue weighted by molar-refractivity contribution is 0.0958. The van der Waals surface area contributed by atoms with Crippen molar-refractivity contribution < 1.29 is 4.79 Å². The Balaban J connectivity index is 2.53. The third-order valence-electron chi connectivity index (χ3n) is 2.33. The summed E-state index contributed by atoms with van der Waals surface area (Å²) in [6.45, 7) is 4.66. The Bertz CT molecular complexity index is 322. The highest BCUT2D eigenvalue weighted by Gasteiger charge is 2.13. The van der Waals surface area contributed by atoms with E-state index in [4.69, 9.17) is 5.73 Å². The number of nitrogens with two attached hydrogens (primary N) is 1. The van der Waals surface area contributed by atoms with Crippen molar-refractivity contribution in [2.75, 3.05) is 0 Å². The van der Waals surface area contributed by atoms with Crippen LogP contribution >= 0.6 is 11.3 Å². The molecule has 0 aliphatic heterocycles. The number of ketones is 1. The molecule has 0 aromatic carbocycles. The minimum absolute atomic E-state index is 0.145. The van der Waals surface area contributed by atoms with Gasteiger partial charge in [-0.3, -0.25) is 4.79 Å². The molecular weight excluding hydrogens is 208 g/mol. The number of hydrogen-bond donors (Lipinski definition) is 1. The highest BCUT2D eigenvalue weighted by molar-refractivity contribution is 7.09. The molecule has 0 bridgehead atoms. The minimum atomic E-state index is 0.145. The Morgan fingerprint density at radius 2 is 2.40 bits per heavy atom. The van der Waals surface area contributed by atoms with E-state index >= 15 is 0 Å². The van der Waals surface area contributed by atoms with E-state index in [1.165, 1.54) is 11.3 Å². The zero-order valence-corrected chi connectivity index (χ0v) is 10.1. The summed E-state index contributed by atoms with van der Waals surface area (Å²) in [5, 5.41) is 2.64. The Morgan fingerprint density at radius 1 is 1.67 bits per heavy atom. The van der Waals surface area contributed by atoms with Gasteiger partial charge in [-0.05, 0) is 5.92 Å². The number of rotatable bonds is 6. The van der Waals surface area contributed by atoms with Crippen LogP contribution in [0.2, 0.25) is 0 Å². The first-order chi connectivity index (χ1) is 7.17. The molecule has 0 fully saturated rings. The normalized spacial score (nSPS) is 12.7. The van der Waals surface area contributed by atoms with Gasteiger partial charge in [-0.25, -0.2) is 4.98 Å². The van der Waals surface area contributed by atoms with Crippen LogP contribution in [0.5, 0.6) is 0 Å². The van der Waals surface area contributed by atoms with Gasteiger partial charge in [0, 0.05) is 18.3 Å². The number of aromatic nitrogens is 1. The van der Waals surface area contributed by atoms with Crippen molar-refractivity contribution in [3.63, 3.8) is 0 Å². The molecule has 84 valence electrons. The summed E-state index contributed by atoms with van der Waals surface area (Å²) in [5.41, 5.74) is 6.04. The third kappa shape index (κ3) is 3.72. The van der Waals surface area contributed by atoms with Gasteiger partial charge in [0.15, 0.2) is 5.78 Å². The number of carbonyl (C=O) groups excluding carboxylic acids is 1. The number of nitrogens with zero attached hydrogens (tertiary/aromatic N) is 1. The molecule has 0 saturated carbocycles. The number of thiazole rings is 1. The van der Waals surface area contributed by atoms with E-state index in [1.54, 1.807) is 0 Å². The summed E-state index contributed by atoms with van der Waals surface area (Å²) < 4.78 is 0. The van der Waals surface area contributed by atoms with Crippen LogP contribution < -0.4 is 5.73 Å². The quantitative estimate of drug-likeness (QED) is 0.759. The molecule has 0 spiro atoms. The standard InChI is InChI=1S/C11H18N2OS/c1-3-4-8(2)5-10(14)9-7-15-11(6-12)13-9/h7-8H,3-6,12H2,1-2H3. The van der Waals surface area contributed by atoms with Gasteiger partial charge in [0.2, 0.25) is 0 Å². The molecular formula is C11H18N2OS. The van der Waals surface area contributed by atoms with Crippen LogP contribution in [-0.4, -0.2) is 10.8 Å². The smallest absolute Gasteiger partial charge is 0.182 e. The molecule has 3 nitrogen and oxygen atoms in total. The molecule has 1 rings (SSSR count). The van der Waals surface area contributed by atoms with Crippen molar-refractivity contribution >= 4 is 17.1 Å². The summed E-state index contributed by atoms with van der Waals surface area (Å²) in [6.07, 6.45) is 2.82. The molecule has 0 aliphatic carbocycles. The maximum Gasteiger partial charge on any atom is 0.182 e. The number of Topliss-reactive ketones (excluding diaryl/α,β-unsaturated/α-hetero) is 1. The van der Waals surface area contributed by atoms with Crippen LogP contribution in [0, 0.1) is 5.92 Å². The van der Waals surface area contributed by atoms with Crippen LogP contribution in [-0.2, 0) is 6.54 Å². The maximum absolute atomic E-state index is 11.8. The second-order valence-corrected chi connectivity index (χ2v) is 4.79. The van der Waals surface area contributed by atoms with E-state index in [2.05, 4.69) is 18.8 Å². The maximum atomic E-state index is 11.8. The van der Waals surface area contributed by atoms with Crippen LogP contribution in [0.4, 0.5) is 0 Å². The SMILES string of the molecule is CCCC(C)CC(=O)c1csc(CN)n1.